The summed E-state index contributed by atoms with van der Waals surface area (Å²) in [5, 5.41) is 3.59. The number of likely N-dealkylation sites (N-methyl/N-ethyl adjacent to an activating group) is 1. The summed E-state index contributed by atoms with van der Waals surface area (Å²) < 4.78 is 0. The Kier molecular flexibility index (Phi) is 5.26. The minimum absolute atomic E-state index is 0.748. The Bertz CT molecular complexity index is 216. The fourth-order valence-electron chi connectivity index (χ4n) is 2.72. The number of nitrogens with one attached hydrogen (secondary N) is 1. The van der Waals surface area contributed by atoms with Gasteiger partial charge in [0.1, 0.15) is 0 Å². The lowest BCUT2D eigenvalue weighted by molar-refractivity contribution is 0.0984. The Balaban J connectivity index is 1.46. The van der Waals surface area contributed by atoms with Gasteiger partial charge in [-0.25, -0.2) is 0 Å². The van der Waals surface area contributed by atoms with Gasteiger partial charge in [0.05, 0.1) is 0 Å². The van der Waals surface area contributed by atoms with Gasteiger partial charge in [0.25, 0.3) is 0 Å². The van der Waals surface area contributed by atoms with Crippen LogP contribution in [0.4, 0.5) is 0 Å². The van der Waals surface area contributed by atoms with Gasteiger partial charge in [-0.1, -0.05) is 6.42 Å². The molecular formula is C14H29N3. The summed E-state index contributed by atoms with van der Waals surface area (Å²) in [6.07, 6.45) is 6.95. The Morgan fingerprint density at radius 2 is 1.94 bits per heavy atom. The van der Waals surface area contributed by atoms with E-state index in [2.05, 4.69) is 29.1 Å². The van der Waals surface area contributed by atoms with Crippen molar-refractivity contribution >= 4 is 0 Å². The molecule has 0 aromatic carbocycles. The predicted octanol–water partition coefficient (Wildman–Crippen LogP) is 1.54. The summed E-state index contributed by atoms with van der Waals surface area (Å²) in [5.74, 6) is 0. The molecule has 0 aromatic heterocycles. The van der Waals surface area contributed by atoms with Crippen molar-refractivity contribution in [2.75, 3.05) is 39.8 Å². The van der Waals surface area contributed by atoms with Crippen LogP contribution in [-0.2, 0) is 0 Å². The molecule has 1 atom stereocenters. The van der Waals surface area contributed by atoms with Crippen LogP contribution in [0.15, 0.2) is 0 Å². The molecule has 3 heteroatoms. The molecule has 100 valence electrons. The fourth-order valence-corrected chi connectivity index (χ4v) is 2.72. The second-order valence-electron chi connectivity index (χ2n) is 5.94. The van der Waals surface area contributed by atoms with Gasteiger partial charge in [0.15, 0.2) is 0 Å². The van der Waals surface area contributed by atoms with E-state index in [4.69, 9.17) is 0 Å². The van der Waals surface area contributed by atoms with Crippen molar-refractivity contribution in [1.29, 1.82) is 0 Å². The van der Waals surface area contributed by atoms with Crippen molar-refractivity contribution in [3.05, 3.63) is 0 Å². The number of hydrogen-bond acceptors (Lipinski definition) is 3. The summed E-state index contributed by atoms with van der Waals surface area (Å²) in [7, 11) is 2.23. The van der Waals surface area contributed by atoms with E-state index in [1.54, 1.807) is 0 Å². The Labute approximate surface area is 107 Å². The zero-order chi connectivity index (χ0) is 12.1. The van der Waals surface area contributed by atoms with Crippen LogP contribution < -0.4 is 5.32 Å². The highest BCUT2D eigenvalue weighted by Gasteiger charge is 2.21. The number of hydrogen-bond donors (Lipinski definition) is 1. The van der Waals surface area contributed by atoms with Gasteiger partial charge in [-0.2, -0.15) is 0 Å². The number of rotatable bonds is 7. The maximum Gasteiger partial charge on any atom is 0.0195 e. The number of piperazine rings is 1. The standard InChI is InChI=1S/C14H29N3/c1-13-12-16(2)10-11-17(13)9-5-3-4-8-15-14-6-7-14/h13-15H,3-12H2,1-2H3. The van der Waals surface area contributed by atoms with Gasteiger partial charge in [0.2, 0.25) is 0 Å². The molecule has 0 radical (unpaired) electrons. The first-order chi connectivity index (χ1) is 8.25. The third kappa shape index (κ3) is 4.94. The fraction of sp³-hybridized carbons (Fsp3) is 1.00. The third-order valence-electron chi connectivity index (χ3n) is 4.10. The molecule has 17 heavy (non-hydrogen) atoms. The van der Waals surface area contributed by atoms with Gasteiger partial charge < -0.3 is 10.2 Å². The predicted molar refractivity (Wildman–Crippen MR) is 73.4 cm³/mol. The van der Waals surface area contributed by atoms with E-state index in [0.29, 0.717) is 0 Å². The van der Waals surface area contributed by atoms with Gasteiger partial charge in [-0.3, -0.25) is 4.90 Å². The molecule has 1 heterocycles. The zero-order valence-electron chi connectivity index (χ0n) is 11.6. The van der Waals surface area contributed by atoms with Crippen LogP contribution in [0.25, 0.3) is 0 Å². The van der Waals surface area contributed by atoms with E-state index in [-0.39, 0.29) is 0 Å². The minimum Gasteiger partial charge on any atom is -0.314 e. The molecular weight excluding hydrogens is 210 g/mol. The highest BCUT2D eigenvalue weighted by molar-refractivity contribution is 4.80. The second-order valence-corrected chi connectivity index (χ2v) is 5.94. The maximum atomic E-state index is 3.59. The largest absolute Gasteiger partial charge is 0.314 e. The van der Waals surface area contributed by atoms with Crippen molar-refractivity contribution in [2.24, 2.45) is 0 Å². The molecule has 1 N–H and O–H groups in total. The SMILES string of the molecule is CC1CN(C)CCN1CCCCCNC1CC1. The first-order valence-corrected chi connectivity index (χ1v) is 7.41. The van der Waals surface area contributed by atoms with Crippen molar-refractivity contribution in [3.63, 3.8) is 0 Å². The molecule has 1 saturated carbocycles. The van der Waals surface area contributed by atoms with Gasteiger partial charge in [-0.15, -0.1) is 0 Å². The molecule has 2 fully saturated rings. The van der Waals surface area contributed by atoms with Crippen LogP contribution in [0.1, 0.15) is 39.0 Å². The van der Waals surface area contributed by atoms with Gasteiger partial charge >= 0.3 is 0 Å². The molecule has 2 aliphatic rings. The average Bonchev–Trinajstić information content (AvgIpc) is 3.09. The lowest BCUT2D eigenvalue weighted by Gasteiger charge is -2.38. The van der Waals surface area contributed by atoms with E-state index < -0.39 is 0 Å². The molecule has 0 spiro atoms. The average molecular weight is 239 g/mol. The molecule has 2 rings (SSSR count). The van der Waals surface area contributed by atoms with Crippen LogP contribution in [-0.4, -0.2) is 61.7 Å². The summed E-state index contributed by atoms with van der Waals surface area (Å²) in [6, 6.07) is 1.63. The van der Waals surface area contributed by atoms with Crippen LogP contribution >= 0.6 is 0 Å². The quantitative estimate of drug-likeness (QED) is 0.680. The van der Waals surface area contributed by atoms with E-state index in [1.165, 1.54) is 64.8 Å². The van der Waals surface area contributed by atoms with Crippen molar-refractivity contribution in [3.8, 4) is 0 Å². The third-order valence-corrected chi connectivity index (χ3v) is 4.10. The second kappa shape index (κ2) is 6.72. The number of nitrogens with zero attached hydrogens (tertiary/aromatic N) is 2. The highest BCUT2D eigenvalue weighted by atomic mass is 15.3. The molecule has 1 aliphatic heterocycles. The minimum atomic E-state index is 0.748. The van der Waals surface area contributed by atoms with E-state index in [1.807, 2.05) is 0 Å². The Hall–Kier alpha value is -0.120. The Morgan fingerprint density at radius 1 is 1.12 bits per heavy atom. The molecule has 3 nitrogen and oxygen atoms in total. The molecule has 0 bridgehead atoms. The first kappa shape index (κ1) is 13.3. The summed E-state index contributed by atoms with van der Waals surface area (Å²) in [6.45, 7) is 8.65. The number of unbranched alkanes of at least 4 members (excludes halogenated alkanes) is 2. The lowest BCUT2D eigenvalue weighted by atomic mass is 10.1. The molecule has 0 amide bonds. The van der Waals surface area contributed by atoms with Crippen molar-refractivity contribution in [1.82, 2.24) is 15.1 Å². The van der Waals surface area contributed by atoms with Crippen LogP contribution in [0, 0.1) is 0 Å². The van der Waals surface area contributed by atoms with Crippen molar-refractivity contribution < 1.29 is 0 Å². The van der Waals surface area contributed by atoms with E-state index >= 15 is 0 Å². The maximum absolute atomic E-state index is 3.59. The molecule has 1 unspecified atom stereocenters. The monoisotopic (exact) mass is 239 g/mol. The summed E-state index contributed by atoms with van der Waals surface area (Å²) in [4.78, 5) is 5.11. The van der Waals surface area contributed by atoms with Gasteiger partial charge in [-0.05, 0) is 52.7 Å². The van der Waals surface area contributed by atoms with E-state index in [0.717, 1.165) is 12.1 Å². The molecule has 0 aromatic rings. The Morgan fingerprint density at radius 3 is 2.65 bits per heavy atom. The van der Waals surface area contributed by atoms with Gasteiger partial charge in [0, 0.05) is 31.7 Å². The molecule has 1 saturated heterocycles. The summed E-state index contributed by atoms with van der Waals surface area (Å²) in [5.41, 5.74) is 0. The smallest absolute Gasteiger partial charge is 0.0195 e. The summed E-state index contributed by atoms with van der Waals surface area (Å²) >= 11 is 0. The molecule has 1 aliphatic carbocycles. The van der Waals surface area contributed by atoms with Crippen molar-refractivity contribution in [2.45, 2.75) is 51.1 Å². The van der Waals surface area contributed by atoms with E-state index in [9.17, 15) is 0 Å². The van der Waals surface area contributed by atoms with Crippen LogP contribution in [0.2, 0.25) is 0 Å². The highest BCUT2D eigenvalue weighted by Crippen LogP contribution is 2.18. The zero-order valence-corrected chi connectivity index (χ0v) is 11.6. The first-order valence-electron chi connectivity index (χ1n) is 7.41. The van der Waals surface area contributed by atoms with Crippen LogP contribution in [0.5, 0.6) is 0 Å². The lowest BCUT2D eigenvalue weighted by Crippen LogP contribution is -2.50. The topological polar surface area (TPSA) is 18.5 Å². The van der Waals surface area contributed by atoms with Crippen LogP contribution in [0.3, 0.4) is 0 Å². The normalized spacial score (nSPS) is 27.5.